The molecule has 0 aromatic heterocycles. The van der Waals surface area contributed by atoms with Gasteiger partial charge < -0.3 is 5.11 Å². The van der Waals surface area contributed by atoms with Crippen LogP contribution in [-0.4, -0.2) is 30.3 Å². The second kappa shape index (κ2) is 7.78. The first-order chi connectivity index (χ1) is 11.8. The van der Waals surface area contributed by atoms with Gasteiger partial charge in [-0.1, -0.05) is 46.3 Å². The van der Waals surface area contributed by atoms with E-state index in [0.29, 0.717) is 10.0 Å². The van der Waals surface area contributed by atoms with Gasteiger partial charge in [0, 0.05) is 11.0 Å². The fraction of sp³-hybridized carbons (Fsp3) is 0.176. The molecular weight excluding hydrogens is 408 g/mol. The van der Waals surface area contributed by atoms with Crippen LogP contribution >= 0.6 is 15.9 Å². The smallest absolute Gasteiger partial charge is 0.335 e. The maximum absolute atomic E-state index is 13.0. The highest BCUT2D eigenvalue weighted by Gasteiger charge is 2.28. The highest BCUT2D eigenvalue weighted by molar-refractivity contribution is 9.10. The SMILES string of the molecule is Cc1c(Br)cc(C(=O)O)cc1S(=O)(=O)N(CC#N)Cc1ccccc1. The van der Waals surface area contributed by atoms with Crippen LogP contribution in [0.2, 0.25) is 0 Å². The lowest BCUT2D eigenvalue weighted by Gasteiger charge is -2.21. The molecule has 0 radical (unpaired) electrons. The molecule has 8 heteroatoms. The fourth-order valence-electron chi connectivity index (χ4n) is 2.28. The molecule has 2 aromatic rings. The van der Waals surface area contributed by atoms with Gasteiger partial charge in [0.2, 0.25) is 10.0 Å². The van der Waals surface area contributed by atoms with Gasteiger partial charge in [-0.2, -0.15) is 9.57 Å². The minimum absolute atomic E-state index is 0.0189. The molecule has 130 valence electrons. The number of nitriles is 1. The van der Waals surface area contributed by atoms with Crippen LogP contribution in [-0.2, 0) is 16.6 Å². The third kappa shape index (κ3) is 4.25. The maximum atomic E-state index is 13.0. The molecule has 0 amide bonds. The molecule has 0 bridgehead atoms. The van der Waals surface area contributed by atoms with E-state index < -0.39 is 16.0 Å². The predicted molar refractivity (Wildman–Crippen MR) is 95.5 cm³/mol. The zero-order valence-electron chi connectivity index (χ0n) is 13.3. The predicted octanol–water partition coefficient (Wildman–Crippen LogP) is 3.17. The van der Waals surface area contributed by atoms with Crippen LogP contribution in [0, 0.1) is 18.3 Å². The molecule has 0 fully saturated rings. The Morgan fingerprint density at radius 2 is 1.92 bits per heavy atom. The van der Waals surface area contributed by atoms with Gasteiger partial charge in [0.25, 0.3) is 0 Å². The topological polar surface area (TPSA) is 98.5 Å². The summed E-state index contributed by atoms with van der Waals surface area (Å²) in [7, 11) is -4.05. The number of rotatable bonds is 6. The van der Waals surface area contributed by atoms with Crippen molar-refractivity contribution in [3.05, 3.63) is 63.6 Å². The van der Waals surface area contributed by atoms with E-state index in [4.69, 9.17) is 5.26 Å². The van der Waals surface area contributed by atoms with E-state index >= 15 is 0 Å². The molecule has 0 saturated heterocycles. The van der Waals surface area contributed by atoms with Crippen LogP contribution in [0.5, 0.6) is 0 Å². The van der Waals surface area contributed by atoms with Gasteiger partial charge in [0.1, 0.15) is 6.54 Å². The van der Waals surface area contributed by atoms with Gasteiger partial charge >= 0.3 is 5.97 Å². The van der Waals surface area contributed by atoms with Crippen LogP contribution in [0.15, 0.2) is 51.8 Å². The van der Waals surface area contributed by atoms with Gasteiger partial charge in [-0.3, -0.25) is 0 Å². The van der Waals surface area contributed by atoms with Gasteiger partial charge in [-0.15, -0.1) is 0 Å². The number of nitrogens with zero attached hydrogens (tertiary/aromatic N) is 2. The molecule has 2 aromatic carbocycles. The summed E-state index contributed by atoms with van der Waals surface area (Å²) in [4.78, 5) is 11.1. The monoisotopic (exact) mass is 422 g/mol. The summed E-state index contributed by atoms with van der Waals surface area (Å²) < 4.78 is 27.5. The minimum atomic E-state index is -4.05. The summed E-state index contributed by atoms with van der Waals surface area (Å²) in [6, 6.07) is 13.2. The normalized spacial score (nSPS) is 11.3. The number of hydrogen-bond donors (Lipinski definition) is 1. The van der Waals surface area contributed by atoms with Crippen LogP contribution in [0.4, 0.5) is 0 Å². The number of sulfonamides is 1. The number of halogens is 1. The molecule has 2 rings (SSSR count). The van der Waals surface area contributed by atoms with Gasteiger partial charge in [0.15, 0.2) is 0 Å². The Hall–Kier alpha value is -2.21. The summed E-state index contributed by atoms with van der Waals surface area (Å²) in [5, 5.41) is 18.2. The van der Waals surface area contributed by atoms with E-state index in [1.54, 1.807) is 31.2 Å². The van der Waals surface area contributed by atoms with E-state index in [-0.39, 0.29) is 23.5 Å². The molecule has 6 nitrogen and oxygen atoms in total. The molecule has 25 heavy (non-hydrogen) atoms. The van der Waals surface area contributed by atoms with E-state index in [2.05, 4.69) is 15.9 Å². The average Bonchev–Trinajstić information content (AvgIpc) is 2.57. The Labute approximate surface area is 154 Å². The lowest BCUT2D eigenvalue weighted by Crippen LogP contribution is -2.31. The third-order valence-electron chi connectivity index (χ3n) is 3.61. The molecule has 0 aliphatic carbocycles. The lowest BCUT2D eigenvalue weighted by atomic mass is 10.1. The Morgan fingerprint density at radius 3 is 2.48 bits per heavy atom. The Balaban J connectivity index is 2.54. The molecule has 0 aliphatic rings. The number of benzene rings is 2. The molecule has 1 N–H and O–H groups in total. The molecule has 0 atom stereocenters. The number of carboxylic acids is 1. The second-order valence-corrected chi connectivity index (χ2v) is 8.06. The van der Waals surface area contributed by atoms with Crippen molar-refractivity contribution in [2.45, 2.75) is 18.4 Å². The summed E-state index contributed by atoms with van der Waals surface area (Å²) in [6.45, 7) is 1.26. The molecule has 0 saturated carbocycles. The van der Waals surface area contributed by atoms with E-state index in [1.807, 2.05) is 12.1 Å². The van der Waals surface area contributed by atoms with Crippen molar-refractivity contribution in [2.24, 2.45) is 0 Å². The summed E-state index contributed by atoms with van der Waals surface area (Å²) in [6.07, 6.45) is 0. The highest BCUT2D eigenvalue weighted by Crippen LogP contribution is 2.29. The van der Waals surface area contributed by atoms with E-state index in [9.17, 15) is 18.3 Å². The zero-order chi connectivity index (χ0) is 18.6. The number of hydrogen-bond acceptors (Lipinski definition) is 4. The first-order valence-electron chi connectivity index (χ1n) is 7.22. The van der Waals surface area contributed by atoms with Gasteiger partial charge in [0.05, 0.1) is 16.5 Å². The standard InChI is InChI=1S/C17H15BrN2O4S/c1-12-15(18)9-14(17(21)22)10-16(12)25(23,24)20(8-7-19)11-13-5-3-2-4-6-13/h2-6,9-10H,8,11H2,1H3,(H,21,22). The van der Waals surface area contributed by atoms with Crippen molar-refractivity contribution in [3.8, 4) is 6.07 Å². The van der Waals surface area contributed by atoms with Crippen molar-refractivity contribution >= 4 is 31.9 Å². The van der Waals surface area contributed by atoms with Crippen LogP contribution < -0.4 is 0 Å². The fourth-order valence-corrected chi connectivity index (χ4v) is 4.47. The first-order valence-corrected chi connectivity index (χ1v) is 9.45. The lowest BCUT2D eigenvalue weighted by molar-refractivity contribution is 0.0696. The van der Waals surface area contributed by atoms with Crippen molar-refractivity contribution in [2.75, 3.05) is 6.54 Å². The maximum Gasteiger partial charge on any atom is 0.335 e. The second-order valence-electron chi connectivity index (χ2n) is 5.30. The minimum Gasteiger partial charge on any atom is -0.478 e. The molecule has 0 spiro atoms. The van der Waals surface area contributed by atoms with Crippen LogP contribution in [0.1, 0.15) is 21.5 Å². The van der Waals surface area contributed by atoms with Gasteiger partial charge in [-0.05, 0) is 30.2 Å². The zero-order valence-corrected chi connectivity index (χ0v) is 15.7. The molecular formula is C17H15BrN2O4S. The van der Waals surface area contributed by atoms with Crippen molar-refractivity contribution < 1.29 is 18.3 Å². The molecule has 0 heterocycles. The summed E-state index contributed by atoms with van der Waals surface area (Å²) >= 11 is 3.20. The quantitative estimate of drug-likeness (QED) is 0.720. The number of aromatic carboxylic acids is 1. The van der Waals surface area contributed by atoms with Crippen molar-refractivity contribution in [3.63, 3.8) is 0 Å². The van der Waals surface area contributed by atoms with E-state index in [0.717, 1.165) is 15.9 Å². The first kappa shape index (κ1) is 19.1. The number of carboxylic acid groups (broad SMARTS) is 1. The Bertz CT molecular complexity index is 937. The summed E-state index contributed by atoms with van der Waals surface area (Å²) in [5.74, 6) is -1.23. The van der Waals surface area contributed by atoms with Gasteiger partial charge in [-0.25, -0.2) is 13.2 Å². The highest BCUT2D eigenvalue weighted by atomic mass is 79.9. The van der Waals surface area contributed by atoms with Crippen LogP contribution in [0.3, 0.4) is 0 Å². The molecule has 0 aliphatic heterocycles. The largest absolute Gasteiger partial charge is 0.478 e. The average molecular weight is 423 g/mol. The molecule has 0 unspecified atom stereocenters. The van der Waals surface area contributed by atoms with Crippen molar-refractivity contribution in [1.82, 2.24) is 4.31 Å². The Kier molecular flexibility index (Phi) is 5.95. The third-order valence-corrected chi connectivity index (χ3v) is 6.35. The number of carbonyl (C=O) groups is 1. The Morgan fingerprint density at radius 1 is 1.28 bits per heavy atom. The van der Waals surface area contributed by atoms with Crippen LogP contribution in [0.25, 0.3) is 0 Å². The van der Waals surface area contributed by atoms with E-state index in [1.165, 1.54) is 6.07 Å². The summed E-state index contributed by atoms with van der Waals surface area (Å²) in [5.41, 5.74) is 0.973. The van der Waals surface area contributed by atoms with Crippen molar-refractivity contribution in [1.29, 1.82) is 5.26 Å².